The van der Waals surface area contributed by atoms with Crippen LogP contribution in [0.5, 0.6) is 0 Å². The van der Waals surface area contributed by atoms with Crippen molar-refractivity contribution in [2.75, 3.05) is 24.3 Å². The van der Waals surface area contributed by atoms with Crippen molar-refractivity contribution in [1.29, 1.82) is 0 Å². The minimum absolute atomic E-state index is 0.706. The van der Waals surface area contributed by atoms with Crippen molar-refractivity contribution in [3.63, 3.8) is 0 Å². The quantitative estimate of drug-likeness (QED) is 0.449. The number of hydrogen-bond donors (Lipinski definition) is 1. The van der Waals surface area contributed by atoms with Gasteiger partial charge in [-0.2, -0.15) is 0 Å². The average molecular weight is 419 g/mol. The molecule has 0 unspecified atom stereocenters. The maximum Gasteiger partial charge on any atom is 0.162 e. The lowest BCUT2D eigenvalue weighted by molar-refractivity contribution is 1.13. The van der Waals surface area contributed by atoms with Gasteiger partial charge in [-0.25, -0.2) is 9.97 Å². The summed E-state index contributed by atoms with van der Waals surface area (Å²) in [5.74, 6) is 1.50. The molecule has 0 atom stereocenters. The van der Waals surface area contributed by atoms with Gasteiger partial charge in [-0.1, -0.05) is 46.3 Å². The normalized spacial score (nSPS) is 10.8. The average Bonchev–Trinajstić information content (AvgIpc) is 2.69. The van der Waals surface area contributed by atoms with Gasteiger partial charge in [0.2, 0.25) is 0 Å². The van der Waals surface area contributed by atoms with Gasteiger partial charge in [0.15, 0.2) is 5.82 Å². The molecule has 27 heavy (non-hydrogen) atoms. The highest BCUT2D eigenvalue weighted by atomic mass is 79.9. The zero-order valence-corrected chi connectivity index (χ0v) is 16.7. The molecule has 134 valence electrons. The zero-order valence-electron chi connectivity index (χ0n) is 15.1. The van der Waals surface area contributed by atoms with Crippen molar-refractivity contribution >= 4 is 44.0 Å². The summed E-state index contributed by atoms with van der Waals surface area (Å²) in [6.07, 6.45) is 0. The molecule has 1 heterocycles. The molecule has 0 spiro atoms. The Morgan fingerprint density at radius 1 is 0.852 bits per heavy atom. The van der Waals surface area contributed by atoms with Crippen LogP contribution in [-0.4, -0.2) is 24.1 Å². The first kappa shape index (κ1) is 17.5. The number of halogens is 1. The number of benzene rings is 3. The van der Waals surface area contributed by atoms with Crippen LogP contribution >= 0.6 is 15.9 Å². The molecule has 0 saturated heterocycles. The van der Waals surface area contributed by atoms with Crippen LogP contribution < -0.4 is 10.2 Å². The molecule has 0 aliphatic rings. The Bertz CT molecular complexity index is 1080. The first-order valence-corrected chi connectivity index (χ1v) is 9.46. The van der Waals surface area contributed by atoms with Crippen LogP contribution in [0.25, 0.3) is 22.3 Å². The van der Waals surface area contributed by atoms with E-state index in [4.69, 9.17) is 9.97 Å². The SMILES string of the molecule is CN(C)c1ccc(Nc2nc(-c3ccccc3)nc3ccc(Br)cc23)cc1. The second-order valence-corrected chi connectivity index (χ2v) is 7.41. The number of hydrogen-bond acceptors (Lipinski definition) is 4. The van der Waals surface area contributed by atoms with Crippen molar-refractivity contribution < 1.29 is 0 Å². The number of aromatic nitrogens is 2. The molecule has 0 radical (unpaired) electrons. The van der Waals surface area contributed by atoms with Crippen molar-refractivity contribution in [2.45, 2.75) is 0 Å². The molecule has 4 aromatic rings. The summed E-state index contributed by atoms with van der Waals surface area (Å²) in [6.45, 7) is 0. The number of nitrogens with one attached hydrogen (secondary N) is 1. The molecule has 0 aliphatic carbocycles. The van der Waals surface area contributed by atoms with Gasteiger partial charge < -0.3 is 10.2 Å². The van der Waals surface area contributed by atoms with Crippen molar-refractivity contribution in [2.24, 2.45) is 0 Å². The molecule has 0 saturated carbocycles. The van der Waals surface area contributed by atoms with Gasteiger partial charge in [0.1, 0.15) is 5.82 Å². The predicted molar refractivity (Wildman–Crippen MR) is 117 cm³/mol. The topological polar surface area (TPSA) is 41.0 Å². The Morgan fingerprint density at radius 3 is 2.30 bits per heavy atom. The Balaban J connectivity index is 1.80. The molecule has 1 N–H and O–H groups in total. The van der Waals surface area contributed by atoms with E-state index in [1.807, 2.05) is 62.6 Å². The number of fused-ring (bicyclic) bond motifs is 1. The lowest BCUT2D eigenvalue weighted by Gasteiger charge is -2.14. The van der Waals surface area contributed by atoms with Gasteiger partial charge in [0.05, 0.1) is 5.52 Å². The van der Waals surface area contributed by atoms with Crippen LogP contribution in [0.15, 0.2) is 77.3 Å². The van der Waals surface area contributed by atoms with Gasteiger partial charge >= 0.3 is 0 Å². The highest BCUT2D eigenvalue weighted by Gasteiger charge is 2.10. The highest BCUT2D eigenvalue weighted by Crippen LogP contribution is 2.30. The summed E-state index contributed by atoms with van der Waals surface area (Å²) in [5.41, 5.74) is 4.04. The van der Waals surface area contributed by atoms with Crippen LogP contribution in [0, 0.1) is 0 Å². The van der Waals surface area contributed by atoms with E-state index in [2.05, 4.69) is 50.4 Å². The third-order valence-electron chi connectivity index (χ3n) is 4.34. The van der Waals surface area contributed by atoms with Crippen molar-refractivity contribution in [3.8, 4) is 11.4 Å². The first-order valence-electron chi connectivity index (χ1n) is 8.67. The molecule has 0 amide bonds. The zero-order chi connectivity index (χ0) is 18.8. The molecule has 0 aliphatic heterocycles. The molecule has 5 heteroatoms. The van der Waals surface area contributed by atoms with E-state index in [1.54, 1.807) is 0 Å². The third-order valence-corrected chi connectivity index (χ3v) is 4.83. The summed E-state index contributed by atoms with van der Waals surface area (Å²) < 4.78 is 0.997. The molecular formula is C22H19BrN4. The van der Waals surface area contributed by atoms with Crippen LogP contribution in [0.3, 0.4) is 0 Å². The minimum Gasteiger partial charge on any atom is -0.378 e. The largest absolute Gasteiger partial charge is 0.378 e. The van der Waals surface area contributed by atoms with Gasteiger partial charge in [-0.3, -0.25) is 0 Å². The van der Waals surface area contributed by atoms with Gasteiger partial charge in [0.25, 0.3) is 0 Å². The Hall–Kier alpha value is -2.92. The second kappa shape index (κ2) is 7.37. The molecule has 3 aromatic carbocycles. The maximum absolute atomic E-state index is 4.81. The van der Waals surface area contributed by atoms with Gasteiger partial charge in [0, 0.05) is 40.9 Å². The summed E-state index contributed by atoms with van der Waals surface area (Å²) in [6, 6.07) is 24.4. The van der Waals surface area contributed by atoms with Crippen LogP contribution in [0.2, 0.25) is 0 Å². The van der Waals surface area contributed by atoms with Crippen LogP contribution in [0.1, 0.15) is 0 Å². The predicted octanol–water partition coefficient (Wildman–Crippen LogP) is 5.87. The van der Waals surface area contributed by atoms with Crippen LogP contribution in [-0.2, 0) is 0 Å². The Morgan fingerprint density at radius 2 is 1.59 bits per heavy atom. The van der Waals surface area contributed by atoms with Crippen molar-refractivity contribution in [1.82, 2.24) is 9.97 Å². The van der Waals surface area contributed by atoms with E-state index >= 15 is 0 Å². The lowest BCUT2D eigenvalue weighted by atomic mass is 10.1. The van der Waals surface area contributed by atoms with E-state index < -0.39 is 0 Å². The lowest BCUT2D eigenvalue weighted by Crippen LogP contribution is -2.08. The van der Waals surface area contributed by atoms with E-state index in [0.717, 1.165) is 38.1 Å². The summed E-state index contributed by atoms with van der Waals surface area (Å²) in [4.78, 5) is 11.6. The highest BCUT2D eigenvalue weighted by molar-refractivity contribution is 9.10. The molecule has 4 rings (SSSR count). The Labute approximate surface area is 167 Å². The number of anilines is 3. The minimum atomic E-state index is 0.706. The fraction of sp³-hybridized carbons (Fsp3) is 0.0909. The van der Waals surface area contributed by atoms with Gasteiger partial charge in [-0.15, -0.1) is 0 Å². The maximum atomic E-state index is 4.81. The first-order chi connectivity index (χ1) is 13.1. The third kappa shape index (κ3) is 3.78. The second-order valence-electron chi connectivity index (χ2n) is 6.49. The monoisotopic (exact) mass is 418 g/mol. The van der Waals surface area contributed by atoms with Crippen molar-refractivity contribution in [3.05, 3.63) is 77.3 Å². The Kier molecular flexibility index (Phi) is 4.77. The summed E-state index contributed by atoms with van der Waals surface area (Å²) >= 11 is 3.55. The van der Waals surface area contributed by atoms with Crippen LogP contribution in [0.4, 0.5) is 17.2 Å². The number of rotatable bonds is 4. The standard InChI is InChI=1S/C22H19BrN4/c1-27(2)18-11-9-17(10-12-18)24-22-19-14-16(23)8-13-20(19)25-21(26-22)15-6-4-3-5-7-15/h3-14H,1-2H3,(H,24,25,26). The van der Waals surface area contributed by atoms with E-state index in [1.165, 1.54) is 0 Å². The van der Waals surface area contributed by atoms with E-state index in [0.29, 0.717) is 5.82 Å². The molecule has 4 nitrogen and oxygen atoms in total. The van der Waals surface area contributed by atoms with E-state index in [-0.39, 0.29) is 0 Å². The smallest absolute Gasteiger partial charge is 0.162 e. The fourth-order valence-electron chi connectivity index (χ4n) is 2.89. The molecule has 0 fully saturated rings. The molecular weight excluding hydrogens is 400 g/mol. The molecule has 0 bridgehead atoms. The van der Waals surface area contributed by atoms with E-state index in [9.17, 15) is 0 Å². The summed E-state index contributed by atoms with van der Waals surface area (Å²) in [5, 5.41) is 4.43. The molecule has 1 aromatic heterocycles. The number of nitrogens with zero attached hydrogens (tertiary/aromatic N) is 3. The summed E-state index contributed by atoms with van der Waals surface area (Å²) in [7, 11) is 4.06. The fourth-order valence-corrected chi connectivity index (χ4v) is 3.25. The van der Waals surface area contributed by atoms with Gasteiger partial charge in [-0.05, 0) is 42.5 Å².